The lowest BCUT2D eigenvalue weighted by Gasteiger charge is -2.12. The second-order valence-corrected chi connectivity index (χ2v) is 8.80. The zero-order valence-corrected chi connectivity index (χ0v) is 20.7. The predicted octanol–water partition coefficient (Wildman–Crippen LogP) is 5.52. The molecule has 0 atom stereocenters. The van der Waals surface area contributed by atoms with Crippen molar-refractivity contribution in [1.29, 1.82) is 0 Å². The number of benzene rings is 3. The molecule has 4 aromatic rings. The maximum Gasteiger partial charge on any atom is 0.335 e. The van der Waals surface area contributed by atoms with E-state index < -0.39 is 11.9 Å². The molecule has 8 nitrogen and oxygen atoms in total. The van der Waals surface area contributed by atoms with Crippen molar-refractivity contribution < 1.29 is 28.3 Å². The van der Waals surface area contributed by atoms with Crippen molar-refractivity contribution in [2.24, 2.45) is 5.10 Å². The number of amides is 2. The standard InChI is InChI=1S/C30H22FN3O5/c1-18-26(29(36)34(33-18)24-4-2-3-22(15-24)30(37)38)16-25-13-14-27(39-25)20-7-9-21(10-8-20)28(35)32-17-19-5-11-23(31)12-6-19/h2-16H,17H2,1H3,(H,32,35)(H,37,38)/b26-16+. The third kappa shape index (κ3) is 5.52. The van der Waals surface area contributed by atoms with Gasteiger partial charge in [0.25, 0.3) is 11.8 Å². The number of anilines is 1. The molecule has 1 aromatic heterocycles. The summed E-state index contributed by atoms with van der Waals surface area (Å²) in [5, 5.41) is 17.5. The lowest BCUT2D eigenvalue weighted by molar-refractivity contribution is -0.114. The fraction of sp³-hybridized carbons (Fsp3) is 0.0667. The monoisotopic (exact) mass is 523 g/mol. The lowest BCUT2D eigenvalue weighted by Crippen LogP contribution is -2.22. The molecule has 0 spiro atoms. The van der Waals surface area contributed by atoms with Gasteiger partial charge in [0, 0.05) is 17.7 Å². The van der Waals surface area contributed by atoms with E-state index in [0.29, 0.717) is 34.1 Å². The highest BCUT2D eigenvalue weighted by molar-refractivity contribution is 6.32. The summed E-state index contributed by atoms with van der Waals surface area (Å²) in [5.74, 6) is -1.10. The van der Waals surface area contributed by atoms with E-state index in [1.807, 2.05) is 0 Å². The zero-order valence-electron chi connectivity index (χ0n) is 20.7. The van der Waals surface area contributed by atoms with Crippen molar-refractivity contribution in [3.05, 3.63) is 119 Å². The van der Waals surface area contributed by atoms with Crippen LogP contribution in [0.3, 0.4) is 0 Å². The Labute approximate surface area is 222 Å². The maximum absolute atomic E-state index is 13.0. The molecule has 9 heteroatoms. The van der Waals surface area contributed by atoms with E-state index in [-0.39, 0.29) is 23.8 Å². The van der Waals surface area contributed by atoms with Crippen molar-refractivity contribution in [3.63, 3.8) is 0 Å². The number of carboxylic acids is 1. The summed E-state index contributed by atoms with van der Waals surface area (Å²) >= 11 is 0. The Bertz CT molecular complexity index is 1640. The Hall–Kier alpha value is -5.31. The number of carboxylic acid groups (broad SMARTS) is 1. The summed E-state index contributed by atoms with van der Waals surface area (Å²) in [5.41, 5.74) is 3.19. The molecule has 0 radical (unpaired) electrons. The molecule has 2 N–H and O–H groups in total. The molecule has 0 fully saturated rings. The first-order valence-electron chi connectivity index (χ1n) is 12.0. The Morgan fingerprint density at radius 1 is 1.00 bits per heavy atom. The number of nitrogens with zero attached hydrogens (tertiary/aromatic N) is 2. The number of hydrogen-bond donors (Lipinski definition) is 2. The van der Waals surface area contributed by atoms with Crippen LogP contribution in [0.2, 0.25) is 0 Å². The summed E-state index contributed by atoms with van der Waals surface area (Å²) in [6.45, 7) is 1.97. The number of furan rings is 1. The highest BCUT2D eigenvalue weighted by atomic mass is 19.1. The van der Waals surface area contributed by atoms with E-state index in [1.54, 1.807) is 73.7 Å². The van der Waals surface area contributed by atoms with E-state index in [9.17, 15) is 23.9 Å². The SMILES string of the molecule is CC1=NN(c2cccc(C(=O)O)c2)C(=O)/C1=C/c1ccc(-c2ccc(C(=O)NCc3ccc(F)cc3)cc2)o1. The van der Waals surface area contributed by atoms with Gasteiger partial charge in [-0.15, -0.1) is 0 Å². The Morgan fingerprint density at radius 3 is 2.46 bits per heavy atom. The van der Waals surface area contributed by atoms with Crippen LogP contribution in [0.4, 0.5) is 10.1 Å². The molecule has 2 heterocycles. The largest absolute Gasteiger partial charge is 0.478 e. The van der Waals surface area contributed by atoms with Crippen LogP contribution in [-0.2, 0) is 11.3 Å². The predicted molar refractivity (Wildman–Crippen MR) is 144 cm³/mol. The van der Waals surface area contributed by atoms with Gasteiger partial charge in [0.05, 0.1) is 22.5 Å². The number of carbonyl (C=O) groups excluding carboxylic acids is 2. The van der Waals surface area contributed by atoms with Gasteiger partial charge in [-0.1, -0.05) is 30.3 Å². The van der Waals surface area contributed by atoms with Crippen LogP contribution in [0.5, 0.6) is 0 Å². The fourth-order valence-corrected chi connectivity index (χ4v) is 4.03. The Kier molecular flexibility index (Phi) is 6.88. The maximum atomic E-state index is 13.0. The molecule has 0 saturated carbocycles. The zero-order chi connectivity index (χ0) is 27.5. The average Bonchev–Trinajstić information content (AvgIpc) is 3.53. The molecule has 1 aliphatic heterocycles. The molecule has 0 aliphatic carbocycles. The van der Waals surface area contributed by atoms with E-state index in [2.05, 4.69) is 10.4 Å². The first-order chi connectivity index (χ1) is 18.8. The second-order valence-electron chi connectivity index (χ2n) is 8.80. The fourth-order valence-electron chi connectivity index (χ4n) is 4.03. The molecule has 2 amide bonds. The van der Waals surface area contributed by atoms with Gasteiger partial charge >= 0.3 is 5.97 Å². The molecule has 1 aliphatic rings. The minimum Gasteiger partial charge on any atom is -0.478 e. The van der Waals surface area contributed by atoms with Crippen molar-refractivity contribution in [2.75, 3.05) is 5.01 Å². The normalized spacial score (nSPS) is 14.0. The van der Waals surface area contributed by atoms with Gasteiger partial charge in [0.15, 0.2) is 0 Å². The van der Waals surface area contributed by atoms with Crippen LogP contribution in [0.1, 0.15) is 39.0 Å². The lowest BCUT2D eigenvalue weighted by atomic mass is 10.1. The van der Waals surface area contributed by atoms with Crippen LogP contribution < -0.4 is 10.3 Å². The number of nitrogens with one attached hydrogen (secondary N) is 1. The quantitative estimate of drug-likeness (QED) is 0.310. The molecule has 0 bridgehead atoms. The van der Waals surface area contributed by atoms with Crippen LogP contribution in [0.15, 0.2) is 100 Å². The van der Waals surface area contributed by atoms with Gasteiger partial charge < -0.3 is 14.8 Å². The number of hydrogen-bond acceptors (Lipinski definition) is 5. The minimum atomic E-state index is -1.10. The van der Waals surface area contributed by atoms with Crippen LogP contribution in [0.25, 0.3) is 17.4 Å². The average molecular weight is 524 g/mol. The second kappa shape index (κ2) is 10.6. The van der Waals surface area contributed by atoms with Crippen molar-refractivity contribution >= 4 is 35.3 Å². The van der Waals surface area contributed by atoms with Gasteiger partial charge in [-0.25, -0.2) is 9.18 Å². The van der Waals surface area contributed by atoms with Crippen molar-refractivity contribution in [2.45, 2.75) is 13.5 Å². The highest BCUT2D eigenvalue weighted by Gasteiger charge is 2.29. The van der Waals surface area contributed by atoms with E-state index in [1.165, 1.54) is 24.3 Å². The van der Waals surface area contributed by atoms with Gasteiger partial charge in [0.2, 0.25) is 0 Å². The van der Waals surface area contributed by atoms with Crippen molar-refractivity contribution in [1.82, 2.24) is 5.32 Å². The first kappa shape index (κ1) is 25.3. The van der Waals surface area contributed by atoms with Crippen LogP contribution in [0, 0.1) is 5.82 Å². The number of aromatic carboxylic acids is 1. The summed E-state index contributed by atoms with van der Waals surface area (Å²) in [7, 11) is 0. The topological polar surface area (TPSA) is 112 Å². The molecular formula is C30H22FN3O5. The summed E-state index contributed by atoms with van der Waals surface area (Å²) in [4.78, 5) is 36.8. The molecule has 3 aromatic carbocycles. The number of hydrazone groups is 1. The highest BCUT2D eigenvalue weighted by Crippen LogP contribution is 2.28. The summed E-state index contributed by atoms with van der Waals surface area (Å²) in [6.07, 6.45) is 1.59. The molecule has 39 heavy (non-hydrogen) atoms. The number of halogens is 1. The molecule has 0 saturated heterocycles. The summed E-state index contributed by atoms with van der Waals surface area (Å²) in [6, 6.07) is 22.3. The Balaban J connectivity index is 1.27. The third-order valence-electron chi connectivity index (χ3n) is 6.11. The Morgan fingerprint density at radius 2 is 1.74 bits per heavy atom. The van der Waals surface area contributed by atoms with Gasteiger partial charge in [0.1, 0.15) is 17.3 Å². The number of rotatable bonds is 7. The molecular weight excluding hydrogens is 501 g/mol. The number of carbonyl (C=O) groups is 3. The van der Waals surface area contributed by atoms with E-state index >= 15 is 0 Å². The molecule has 0 unspecified atom stereocenters. The van der Waals surface area contributed by atoms with Crippen LogP contribution >= 0.6 is 0 Å². The summed E-state index contributed by atoms with van der Waals surface area (Å²) < 4.78 is 19.0. The van der Waals surface area contributed by atoms with Gasteiger partial charge in [-0.05, 0) is 73.2 Å². The van der Waals surface area contributed by atoms with Gasteiger partial charge in [-0.2, -0.15) is 10.1 Å². The smallest absolute Gasteiger partial charge is 0.335 e. The van der Waals surface area contributed by atoms with Gasteiger partial charge in [-0.3, -0.25) is 9.59 Å². The molecule has 5 rings (SSSR count). The minimum absolute atomic E-state index is 0.0534. The third-order valence-corrected chi connectivity index (χ3v) is 6.11. The first-order valence-corrected chi connectivity index (χ1v) is 12.0. The molecule has 194 valence electrons. The van der Waals surface area contributed by atoms with E-state index in [0.717, 1.165) is 16.1 Å². The van der Waals surface area contributed by atoms with E-state index in [4.69, 9.17) is 4.42 Å². The van der Waals surface area contributed by atoms with Crippen LogP contribution in [-0.4, -0.2) is 28.6 Å². The van der Waals surface area contributed by atoms with Crippen molar-refractivity contribution in [3.8, 4) is 11.3 Å².